The Morgan fingerprint density at radius 3 is 2.19 bits per heavy atom. The number of rotatable bonds is 31. The third-order valence-electron chi connectivity index (χ3n) is 9.83. The Morgan fingerprint density at radius 2 is 1.58 bits per heavy atom. The molecule has 1 aromatic heterocycles. The minimum Gasteiger partial charge on any atom is -0.508 e. The van der Waals surface area contributed by atoms with E-state index in [1.54, 1.807) is 24.4 Å². The van der Waals surface area contributed by atoms with Crippen LogP contribution in [-0.4, -0.2) is 123 Å². The van der Waals surface area contributed by atoms with Crippen molar-refractivity contribution in [1.82, 2.24) is 20.5 Å². The Bertz CT molecular complexity index is 1860. The first-order chi connectivity index (χ1) is 30.2. The number of ketones is 1. The molecular formula is C43H62N4O14S3. The molecule has 0 unspecified atom stereocenters. The highest BCUT2D eigenvalue weighted by atomic mass is 33.1. The molecule has 2 rings (SSSR count). The van der Waals surface area contributed by atoms with E-state index in [1.807, 2.05) is 32.7 Å². The quantitative estimate of drug-likeness (QED) is 0.0161. The molecule has 0 aliphatic rings. The Labute approximate surface area is 385 Å². The number of aromatic nitrogens is 1. The summed E-state index contributed by atoms with van der Waals surface area (Å²) >= 11 is 1.19. The molecule has 0 fully saturated rings. The second-order valence-corrected chi connectivity index (χ2v) is 19.3. The molecule has 21 heteroatoms. The lowest BCUT2D eigenvalue weighted by atomic mass is 9.85. The number of ether oxygens (including phenoxy) is 3. The predicted molar refractivity (Wildman–Crippen MR) is 241 cm³/mol. The molecule has 0 saturated heterocycles. The standard InChI is InChI=1S/C43H62N4O14S3/c1-8-9-38(53)60-24-47(7)34(25(2)3)20-36(61-28(6)48)42-46-32(22-62-42)35(50)19-30(18-29-10-12-31(49)13-11-29)16-26(4)40(55)44-21-39(54)59-14-15-63-64-23-33(43(57)58)45-41(56)27(5)17-37(51)52/h10-13,22,25-27,30,33-34,36,49H,8-9,14-21,23-24H2,1-7H3,(H,44,55)(H,45,56)(H,51,52)(H,57,58)/t26-,27-,30+,33-,34+,36+/m0/s1. The summed E-state index contributed by atoms with van der Waals surface area (Å²) in [6.45, 7) is 9.88. The molecule has 64 heavy (non-hydrogen) atoms. The van der Waals surface area contributed by atoms with Crippen LogP contribution in [0.2, 0.25) is 0 Å². The van der Waals surface area contributed by atoms with Crippen LogP contribution in [0.4, 0.5) is 0 Å². The van der Waals surface area contributed by atoms with E-state index in [2.05, 4.69) is 15.6 Å². The molecule has 356 valence electrons. The van der Waals surface area contributed by atoms with Gasteiger partial charge < -0.3 is 40.2 Å². The highest BCUT2D eigenvalue weighted by Gasteiger charge is 2.31. The summed E-state index contributed by atoms with van der Waals surface area (Å²) in [7, 11) is 4.15. The van der Waals surface area contributed by atoms with E-state index in [1.165, 1.54) is 48.1 Å². The SMILES string of the molecule is CCCC(=O)OCN(C)[C@H](C[C@@H](OC(C)=O)c1nc(C(=O)C[C@@H](Cc2ccc(O)cc2)C[C@H](C)C(=O)NCC(=O)OCCSSC[C@H](NC(=O)[C@@H](C)CC(=O)O)C(=O)O)cs1)C(C)C. The van der Waals surface area contributed by atoms with Gasteiger partial charge in [-0.25, -0.2) is 9.78 Å². The zero-order valence-electron chi connectivity index (χ0n) is 37.4. The maximum absolute atomic E-state index is 13.8. The van der Waals surface area contributed by atoms with Gasteiger partial charge in [-0.1, -0.05) is 68.3 Å². The predicted octanol–water partition coefficient (Wildman–Crippen LogP) is 5.28. The van der Waals surface area contributed by atoms with Gasteiger partial charge in [0, 0.05) is 60.9 Å². The summed E-state index contributed by atoms with van der Waals surface area (Å²) in [5, 5.41) is 35.1. The van der Waals surface area contributed by atoms with Crippen molar-refractivity contribution in [2.24, 2.45) is 23.7 Å². The van der Waals surface area contributed by atoms with E-state index < -0.39 is 72.6 Å². The molecular weight excluding hydrogens is 893 g/mol. The smallest absolute Gasteiger partial charge is 0.327 e. The fourth-order valence-electron chi connectivity index (χ4n) is 6.46. The van der Waals surface area contributed by atoms with Gasteiger partial charge in [0.2, 0.25) is 11.8 Å². The second-order valence-electron chi connectivity index (χ2n) is 15.8. The number of amides is 2. The molecule has 2 aromatic rings. The average molecular weight is 955 g/mol. The monoisotopic (exact) mass is 954 g/mol. The Balaban J connectivity index is 2.01. The van der Waals surface area contributed by atoms with Gasteiger partial charge in [-0.3, -0.25) is 38.5 Å². The van der Waals surface area contributed by atoms with E-state index >= 15 is 0 Å². The van der Waals surface area contributed by atoms with Crippen LogP contribution in [-0.2, 0) is 54.2 Å². The van der Waals surface area contributed by atoms with Gasteiger partial charge in [0.05, 0.1) is 6.42 Å². The molecule has 0 radical (unpaired) electrons. The molecule has 0 aliphatic carbocycles. The lowest BCUT2D eigenvalue weighted by Crippen LogP contribution is -2.45. The minimum absolute atomic E-state index is 0.0154. The van der Waals surface area contributed by atoms with Gasteiger partial charge in [-0.15, -0.1) is 11.3 Å². The van der Waals surface area contributed by atoms with E-state index in [4.69, 9.17) is 19.3 Å². The van der Waals surface area contributed by atoms with Crippen molar-refractivity contribution in [3.63, 3.8) is 0 Å². The third-order valence-corrected chi connectivity index (χ3v) is 13.1. The molecule has 5 N–H and O–H groups in total. The highest BCUT2D eigenvalue weighted by molar-refractivity contribution is 8.76. The average Bonchev–Trinajstić information content (AvgIpc) is 3.72. The van der Waals surface area contributed by atoms with Crippen molar-refractivity contribution in [3.8, 4) is 5.75 Å². The minimum atomic E-state index is -1.28. The molecule has 0 bridgehead atoms. The summed E-state index contributed by atoms with van der Waals surface area (Å²) in [4.78, 5) is 105. The summed E-state index contributed by atoms with van der Waals surface area (Å²) in [6, 6.07) is 5.11. The highest BCUT2D eigenvalue weighted by Crippen LogP contribution is 2.32. The van der Waals surface area contributed by atoms with Crippen molar-refractivity contribution in [1.29, 1.82) is 0 Å². The molecule has 0 saturated carbocycles. The van der Waals surface area contributed by atoms with Crippen molar-refractivity contribution in [2.45, 2.75) is 105 Å². The number of hydrogen-bond acceptors (Lipinski definition) is 17. The van der Waals surface area contributed by atoms with Crippen LogP contribution in [0.3, 0.4) is 0 Å². The van der Waals surface area contributed by atoms with Crippen molar-refractivity contribution >= 4 is 80.4 Å². The number of thiazole rings is 1. The number of esters is 3. The first kappa shape index (κ1) is 55.4. The second kappa shape index (κ2) is 28.9. The van der Waals surface area contributed by atoms with Gasteiger partial charge in [0.1, 0.15) is 42.4 Å². The Kier molecular flexibility index (Phi) is 25.0. The maximum Gasteiger partial charge on any atom is 0.327 e. The van der Waals surface area contributed by atoms with E-state index in [0.717, 1.165) is 16.4 Å². The van der Waals surface area contributed by atoms with Gasteiger partial charge in [0.15, 0.2) is 11.9 Å². The number of carbonyl (C=O) groups is 8. The number of carbonyl (C=O) groups excluding carboxylic acids is 6. The number of hydrogen-bond donors (Lipinski definition) is 5. The van der Waals surface area contributed by atoms with Gasteiger partial charge in [-0.2, -0.15) is 0 Å². The zero-order chi connectivity index (χ0) is 47.9. The van der Waals surface area contributed by atoms with Crippen molar-refractivity contribution in [2.75, 3.05) is 38.4 Å². The number of aromatic hydroxyl groups is 1. The van der Waals surface area contributed by atoms with Crippen molar-refractivity contribution in [3.05, 3.63) is 45.9 Å². The van der Waals surface area contributed by atoms with Gasteiger partial charge in [0.25, 0.3) is 0 Å². The molecule has 0 spiro atoms. The van der Waals surface area contributed by atoms with Crippen molar-refractivity contribution < 1.29 is 67.9 Å². The Hall–Kier alpha value is -4.73. The summed E-state index contributed by atoms with van der Waals surface area (Å²) in [5.41, 5.74) is 1.01. The van der Waals surface area contributed by atoms with E-state index in [0.29, 0.717) is 30.7 Å². The number of nitrogens with one attached hydrogen (secondary N) is 2. The first-order valence-corrected chi connectivity index (χ1v) is 24.3. The summed E-state index contributed by atoms with van der Waals surface area (Å²) < 4.78 is 16.3. The number of benzene rings is 1. The molecule has 0 aliphatic heterocycles. The van der Waals surface area contributed by atoms with E-state index in [-0.39, 0.29) is 78.8 Å². The Morgan fingerprint density at radius 1 is 0.891 bits per heavy atom. The molecule has 1 aromatic carbocycles. The van der Waals surface area contributed by atoms with Crippen LogP contribution >= 0.6 is 32.9 Å². The number of Topliss-reactive ketones (excluding diaryl/α,β-unsaturated/α-hetero) is 1. The van der Waals surface area contributed by atoms with Crippen LogP contribution < -0.4 is 10.6 Å². The van der Waals surface area contributed by atoms with Gasteiger partial charge >= 0.3 is 29.8 Å². The van der Waals surface area contributed by atoms with Crippen LogP contribution in [0.5, 0.6) is 5.75 Å². The lowest BCUT2D eigenvalue weighted by Gasteiger charge is -2.32. The van der Waals surface area contributed by atoms with E-state index in [9.17, 15) is 48.6 Å². The number of nitrogens with zero attached hydrogens (tertiary/aromatic N) is 2. The maximum atomic E-state index is 13.8. The zero-order valence-corrected chi connectivity index (χ0v) is 39.8. The first-order valence-electron chi connectivity index (χ1n) is 20.9. The molecule has 1 heterocycles. The van der Waals surface area contributed by atoms with Crippen LogP contribution in [0.1, 0.15) is 107 Å². The van der Waals surface area contributed by atoms with Crippen LogP contribution in [0.15, 0.2) is 29.6 Å². The summed E-state index contributed by atoms with van der Waals surface area (Å²) in [5.74, 6) is -6.86. The molecule has 2 amide bonds. The fraction of sp³-hybridized carbons (Fsp3) is 0.605. The number of carboxylic acid groups (broad SMARTS) is 2. The summed E-state index contributed by atoms with van der Waals surface area (Å²) in [6.07, 6.45) is 0.763. The van der Waals surface area contributed by atoms with Crippen LogP contribution in [0.25, 0.3) is 0 Å². The van der Waals surface area contributed by atoms with Gasteiger partial charge in [-0.05, 0) is 55.8 Å². The van der Waals surface area contributed by atoms with Crippen LogP contribution in [0, 0.1) is 23.7 Å². The number of aliphatic carboxylic acids is 2. The number of phenols is 1. The fourth-order valence-corrected chi connectivity index (χ4v) is 9.31. The number of phenolic OH excluding ortho intramolecular Hbond substituents is 1. The third kappa shape index (κ3) is 21.3. The molecule has 18 nitrogen and oxygen atoms in total. The molecule has 6 atom stereocenters. The lowest BCUT2D eigenvalue weighted by molar-refractivity contribution is -0.151. The number of carboxylic acids is 2. The normalized spacial score (nSPS) is 14.1. The topological polar surface area (TPSA) is 265 Å². The largest absolute Gasteiger partial charge is 0.508 e.